The molecule has 2 N–H and O–H groups in total. The van der Waals surface area contributed by atoms with Gasteiger partial charge in [0, 0.05) is 18.3 Å². The van der Waals surface area contributed by atoms with E-state index in [2.05, 4.69) is 0 Å². The molecule has 0 aromatic carbocycles. The molecule has 0 saturated carbocycles. The lowest BCUT2D eigenvalue weighted by Gasteiger charge is -2.10. The molecule has 1 aromatic heterocycles. The molecule has 0 amide bonds. The Morgan fingerprint density at radius 1 is 1.33 bits per heavy atom. The topological polar surface area (TPSA) is 102 Å². The van der Waals surface area contributed by atoms with Crippen molar-refractivity contribution in [3.63, 3.8) is 0 Å². The van der Waals surface area contributed by atoms with Crippen molar-refractivity contribution >= 4 is 7.75 Å². The summed E-state index contributed by atoms with van der Waals surface area (Å²) < 4.78 is 12.2. The maximum absolute atomic E-state index is 11.8. The van der Waals surface area contributed by atoms with Gasteiger partial charge in [0.05, 0.1) is 0 Å². The summed E-state index contributed by atoms with van der Waals surface area (Å²) in [4.78, 5) is 41.4. The number of rotatable bonds is 4. The summed E-state index contributed by atoms with van der Waals surface area (Å²) in [6.07, 6.45) is 5.58. The molecule has 0 atom stereocenters. The molecule has 18 heavy (non-hydrogen) atoms. The first-order chi connectivity index (χ1) is 8.29. The third-order valence-corrected chi connectivity index (χ3v) is 3.14. The van der Waals surface area contributed by atoms with Gasteiger partial charge >= 0.3 is 13.4 Å². The van der Waals surface area contributed by atoms with E-state index in [0.717, 1.165) is 11.0 Å². The van der Waals surface area contributed by atoms with E-state index in [1.807, 2.05) is 13.0 Å². The van der Waals surface area contributed by atoms with Crippen LogP contribution in [0.3, 0.4) is 0 Å². The predicted molar refractivity (Wildman–Crippen MR) is 66.6 cm³/mol. The largest absolute Gasteiger partial charge is 0.440 e. The fraction of sp³-hybridized carbons (Fsp3) is 0.400. The van der Waals surface area contributed by atoms with E-state index in [9.17, 15) is 14.2 Å². The fourth-order valence-corrected chi connectivity index (χ4v) is 2.17. The van der Waals surface area contributed by atoms with Gasteiger partial charge < -0.3 is 9.79 Å². The SMILES string of the molecule is CCC=CCn1cc(C)c(=O)n(P(=O)(O)O)c1=O. The lowest BCUT2D eigenvalue weighted by atomic mass is 10.3. The van der Waals surface area contributed by atoms with Gasteiger partial charge in [-0.2, -0.15) is 4.34 Å². The summed E-state index contributed by atoms with van der Waals surface area (Å²) in [6.45, 7) is 3.48. The van der Waals surface area contributed by atoms with Crippen LogP contribution in [0.25, 0.3) is 0 Å². The Morgan fingerprint density at radius 3 is 2.44 bits per heavy atom. The van der Waals surface area contributed by atoms with Gasteiger partial charge in [-0.15, -0.1) is 0 Å². The number of aromatic nitrogens is 2. The zero-order valence-electron chi connectivity index (χ0n) is 10.1. The van der Waals surface area contributed by atoms with Crippen LogP contribution in [0.2, 0.25) is 0 Å². The molecule has 0 saturated heterocycles. The van der Waals surface area contributed by atoms with E-state index in [1.165, 1.54) is 13.1 Å². The third kappa shape index (κ3) is 3.07. The van der Waals surface area contributed by atoms with Gasteiger partial charge in [-0.1, -0.05) is 19.1 Å². The van der Waals surface area contributed by atoms with Crippen molar-refractivity contribution in [2.45, 2.75) is 26.8 Å². The molecule has 8 heteroatoms. The van der Waals surface area contributed by atoms with Gasteiger partial charge in [0.15, 0.2) is 0 Å². The van der Waals surface area contributed by atoms with Crippen LogP contribution in [-0.2, 0) is 11.1 Å². The average molecular weight is 274 g/mol. The lowest BCUT2D eigenvalue weighted by molar-refractivity contribution is 0.355. The Balaban J connectivity index is 3.46. The molecule has 1 rings (SSSR count). The Kier molecular flexibility index (Phi) is 4.45. The normalized spacial score (nSPS) is 12.2. The highest BCUT2D eigenvalue weighted by Crippen LogP contribution is 2.32. The second-order valence-electron chi connectivity index (χ2n) is 3.76. The van der Waals surface area contributed by atoms with Crippen LogP contribution in [0.4, 0.5) is 0 Å². The van der Waals surface area contributed by atoms with E-state index in [0.29, 0.717) is 0 Å². The second-order valence-corrected chi connectivity index (χ2v) is 5.18. The third-order valence-electron chi connectivity index (χ3n) is 2.27. The molecule has 0 fully saturated rings. The minimum atomic E-state index is -4.94. The second kappa shape index (κ2) is 5.48. The first-order valence-corrected chi connectivity index (χ1v) is 6.90. The van der Waals surface area contributed by atoms with Crippen LogP contribution in [0.5, 0.6) is 0 Å². The van der Waals surface area contributed by atoms with Gasteiger partial charge in [0.1, 0.15) is 0 Å². The van der Waals surface area contributed by atoms with Crippen LogP contribution in [-0.4, -0.2) is 18.7 Å². The average Bonchev–Trinajstić information content (AvgIpc) is 2.24. The number of aryl methyl sites for hydroxylation is 1. The molecule has 0 bridgehead atoms. The molecule has 7 nitrogen and oxygen atoms in total. The summed E-state index contributed by atoms with van der Waals surface area (Å²) in [6, 6.07) is 0. The minimum absolute atomic E-state index is 0.0118. The number of hydrogen-bond donors (Lipinski definition) is 2. The van der Waals surface area contributed by atoms with Gasteiger partial charge in [0.2, 0.25) is 0 Å². The smallest absolute Gasteiger partial charge is 0.308 e. The van der Waals surface area contributed by atoms with Crippen molar-refractivity contribution in [2.75, 3.05) is 0 Å². The van der Waals surface area contributed by atoms with Gasteiger partial charge in [-0.3, -0.25) is 9.36 Å². The molecule has 0 aliphatic carbocycles. The number of hydrogen-bond acceptors (Lipinski definition) is 3. The van der Waals surface area contributed by atoms with Crippen molar-refractivity contribution in [3.8, 4) is 0 Å². The molecule has 0 unspecified atom stereocenters. The molecule has 1 aromatic rings. The van der Waals surface area contributed by atoms with E-state index in [1.54, 1.807) is 6.08 Å². The summed E-state index contributed by atoms with van der Waals surface area (Å²) in [7, 11) is -4.94. The van der Waals surface area contributed by atoms with Gasteiger partial charge in [0.25, 0.3) is 5.56 Å². The van der Waals surface area contributed by atoms with E-state index >= 15 is 0 Å². The zero-order valence-corrected chi connectivity index (χ0v) is 11.0. The Hall–Kier alpha value is -1.43. The first-order valence-electron chi connectivity index (χ1n) is 5.33. The minimum Gasteiger partial charge on any atom is -0.308 e. The zero-order chi connectivity index (χ0) is 13.9. The van der Waals surface area contributed by atoms with Gasteiger partial charge in [-0.25, -0.2) is 9.36 Å². The number of nitrogens with zero attached hydrogens (tertiary/aromatic N) is 2. The Labute approximate surface area is 103 Å². The predicted octanol–water partition coefficient (Wildman–Crippen LogP) is 0.225. The van der Waals surface area contributed by atoms with Crippen LogP contribution in [0.15, 0.2) is 27.9 Å². The molecule has 100 valence electrons. The Bertz CT molecular complexity index is 622. The molecule has 0 aliphatic rings. The molecule has 0 spiro atoms. The van der Waals surface area contributed by atoms with E-state index in [4.69, 9.17) is 9.79 Å². The van der Waals surface area contributed by atoms with Crippen LogP contribution in [0.1, 0.15) is 18.9 Å². The van der Waals surface area contributed by atoms with Crippen molar-refractivity contribution in [2.24, 2.45) is 0 Å². The van der Waals surface area contributed by atoms with Crippen molar-refractivity contribution < 1.29 is 14.4 Å². The summed E-state index contributed by atoms with van der Waals surface area (Å²) >= 11 is 0. The fourth-order valence-electron chi connectivity index (χ4n) is 1.44. The van der Waals surface area contributed by atoms with Gasteiger partial charge in [-0.05, 0) is 13.3 Å². The standard InChI is InChI=1S/C10H15N2O5P/c1-3-4-5-6-11-7-8(2)9(13)12(10(11)14)18(15,16)17/h4-5,7H,3,6H2,1-2H3,(H2,15,16,17). The van der Waals surface area contributed by atoms with Crippen molar-refractivity contribution in [1.82, 2.24) is 8.90 Å². The van der Waals surface area contributed by atoms with E-state index < -0.39 is 19.0 Å². The van der Waals surface area contributed by atoms with Crippen molar-refractivity contribution in [3.05, 3.63) is 44.8 Å². The monoisotopic (exact) mass is 274 g/mol. The molecule has 0 radical (unpaired) electrons. The highest BCUT2D eigenvalue weighted by molar-refractivity contribution is 7.50. The van der Waals surface area contributed by atoms with E-state index in [-0.39, 0.29) is 16.4 Å². The molecule has 0 aliphatic heterocycles. The van der Waals surface area contributed by atoms with Crippen molar-refractivity contribution in [1.29, 1.82) is 0 Å². The highest BCUT2D eigenvalue weighted by Gasteiger charge is 2.23. The summed E-state index contributed by atoms with van der Waals surface area (Å²) in [5.74, 6) is 0. The summed E-state index contributed by atoms with van der Waals surface area (Å²) in [5, 5.41) is 0. The highest BCUT2D eigenvalue weighted by atomic mass is 31.2. The molecular weight excluding hydrogens is 259 g/mol. The quantitative estimate of drug-likeness (QED) is 0.604. The molecular formula is C10H15N2O5P. The lowest BCUT2D eigenvalue weighted by Crippen LogP contribution is -2.39. The van der Waals surface area contributed by atoms with Crippen LogP contribution in [0, 0.1) is 6.92 Å². The maximum Gasteiger partial charge on any atom is 0.440 e. The summed E-state index contributed by atoms with van der Waals surface area (Å²) in [5.41, 5.74) is -1.88. The van der Waals surface area contributed by atoms with Crippen LogP contribution < -0.4 is 11.2 Å². The maximum atomic E-state index is 11.8. The van der Waals surface area contributed by atoms with Crippen LogP contribution >= 0.6 is 7.75 Å². The first kappa shape index (κ1) is 14.6. The molecule has 1 heterocycles. The number of allylic oxidation sites excluding steroid dienone is 2. The Morgan fingerprint density at radius 2 is 1.94 bits per heavy atom.